The van der Waals surface area contributed by atoms with Gasteiger partial charge >= 0.3 is 5.97 Å². The van der Waals surface area contributed by atoms with Gasteiger partial charge in [0.25, 0.3) is 0 Å². The van der Waals surface area contributed by atoms with E-state index in [9.17, 15) is 38.6 Å². The minimum atomic E-state index is -1.09. The topological polar surface area (TPSA) is 196 Å². The number of carbonyl (C=O) groups excluding carboxylic acids is 4. The molecule has 0 fully saturated rings. The van der Waals surface area contributed by atoms with E-state index in [1.54, 1.807) is 25.3 Å². The fourth-order valence-corrected chi connectivity index (χ4v) is 7.17. The molecule has 4 amide bonds. The highest BCUT2D eigenvalue weighted by atomic mass is 19.1. The maximum atomic E-state index is 15.1. The summed E-state index contributed by atoms with van der Waals surface area (Å²) in [5, 5.41) is 27.4. The summed E-state index contributed by atoms with van der Waals surface area (Å²) in [5.41, 5.74) is 6.10. The van der Waals surface area contributed by atoms with Crippen molar-refractivity contribution in [2.24, 2.45) is 22.0 Å². The molecular formula is C44H60F2N6O7. The summed E-state index contributed by atoms with van der Waals surface area (Å²) in [6.07, 6.45) is 3.51. The Balaban J connectivity index is 1.67. The summed E-state index contributed by atoms with van der Waals surface area (Å²) in [4.78, 5) is 64.8. The van der Waals surface area contributed by atoms with E-state index in [1.165, 1.54) is 4.90 Å². The number of hydrogen-bond donors (Lipinski definition) is 6. The number of carboxylic acids is 1. The van der Waals surface area contributed by atoms with E-state index in [2.05, 4.69) is 22.5 Å². The number of aliphatic carboxylic acids is 1. The Morgan fingerprint density at radius 3 is 2.19 bits per heavy atom. The minimum Gasteiger partial charge on any atom is -0.481 e. The number of halogens is 2. The Labute approximate surface area is 345 Å². The lowest BCUT2D eigenvalue weighted by Gasteiger charge is -2.43. The molecule has 15 heteroatoms. The van der Waals surface area contributed by atoms with Crippen LogP contribution in [0.5, 0.6) is 0 Å². The van der Waals surface area contributed by atoms with E-state index in [0.29, 0.717) is 24.2 Å². The molecule has 0 saturated heterocycles. The molecule has 0 aliphatic carbocycles. The van der Waals surface area contributed by atoms with Crippen LogP contribution in [0.4, 0.5) is 8.78 Å². The zero-order chi connectivity index (χ0) is 44.1. The number of nitrogens with one attached hydrogen (secondary N) is 3. The third-order valence-corrected chi connectivity index (χ3v) is 10.8. The van der Waals surface area contributed by atoms with Gasteiger partial charge in [-0.05, 0) is 58.9 Å². The highest BCUT2D eigenvalue weighted by Crippen LogP contribution is 2.47. The van der Waals surface area contributed by atoms with Gasteiger partial charge in [0.05, 0.1) is 25.0 Å². The van der Waals surface area contributed by atoms with Crippen LogP contribution < -0.4 is 21.7 Å². The quantitative estimate of drug-likeness (QED) is 0.0606. The molecule has 3 atom stereocenters. The van der Waals surface area contributed by atoms with Crippen molar-refractivity contribution in [2.75, 3.05) is 32.8 Å². The molecule has 0 aliphatic heterocycles. The SMILES string of the molecule is C=CCC(C)(C)C(C)(CC(=O)O)CC(=O)NCC(=O)NCCNC(=O)[C@@H](N)CCN(C(=O)CO)[C@@H](c1cc(-c2cc(F)ccc2F)cn1Cc1ccccc1)C(C)(C)C. The monoisotopic (exact) mass is 822 g/mol. The molecule has 3 rings (SSSR count). The molecule has 2 aromatic carbocycles. The molecule has 1 aromatic heterocycles. The highest BCUT2D eigenvalue weighted by Gasteiger charge is 2.43. The number of carboxylic acid groups (broad SMARTS) is 1. The molecule has 13 nitrogen and oxygen atoms in total. The second kappa shape index (κ2) is 21.0. The number of aliphatic hydroxyl groups is 1. The summed E-state index contributed by atoms with van der Waals surface area (Å²) >= 11 is 0. The Morgan fingerprint density at radius 1 is 0.915 bits per heavy atom. The van der Waals surface area contributed by atoms with Gasteiger partial charge in [-0.15, -0.1) is 6.58 Å². The summed E-state index contributed by atoms with van der Waals surface area (Å²) in [7, 11) is 0. The smallest absolute Gasteiger partial charge is 0.303 e. The number of benzene rings is 2. The van der Waals surface area contributed by atoms with E-state index in [4.69, 9.17) is 5.73 Å². The first kappa shape index (κ1) is 48.0. The average Bonchev–Trinajstić information content (AvgIpc) is 3.55. The third kappa shape index (κ3) is 13.6. The van der Waals surface area contributed by atoms with Gasteiger partial charge in [-0.1, -0.05) is 78.0 Å². The number of nitrogens with zero attached hydrogens (tertiary/aromatic N) is 2. The van der Waals surface area contributed by atoms with E-state index in [1.807, 2.05) is 69.5 Å². The van der Waals surface area contributed by atoms with Crippen molar-refractivity contribution in [3.8, 4) is 11.1 Å². The Morgan fingerprint density at radius 2 is 1.58 bits per heavy atom. The van der Waals surface area contributed by atoms with Gasteiger partial charge in [-0.3, -0.25) is 24.0 Å². The largest absolute Gasteiger partial charge is 0.481 e. The predicted molar refractivity (Wildman–Crippen MR) is 222 cm³/mol. The first-order valence-electron chi connectivity index (χ1n) is 19.6. The van der Waals surface area contributed by atoms with Gasteiger partial charge in [0.15, 0.2) is 0 Å². The maximum absolute atomic E-state index is 15.1. The molecule has 59 heavy (non-hydrogen) atoms. The van der Waals surface area contributed by atoms with Gasteiger partial charge in [0.1, 0.15) is 18.2 Å². The Bertz CT molecular complexity index is 1940. The van der Waals surface area contributed by atoms with Crippen LogP contribution in [-0.4, -0.2) is 88.1 Å². The summed E-state index contributed by atoms with van der Waals surface area (Å²) < 4.78 is 31.2. The average molecular weight is 823 g/mol. The van der Waals surface area contributed by atoms with Gasteiger partial charge in [0.2, 0.25) is 23.6 Å². The normalized spacial score (nSPS) is 13.7. The fraction of sp³-hybridized carbons (Fsp3) is 0.477. The van der Waals surface area contributed by atoms with Gasteiger partial charge in [-0.2, -0.15) is 0 Å². The molecule has 7 N–H and O–H groups in total. The molecule has 3 aromatic rings. The number of rotatable bonds is 22. The number of aliphatic hydroxyl groups excluding tert-OH is 1. The van der Waals surface area contributed by atoms with Crippen LogP contribution in [0.3, 0.4) is 0 Å². The van der Waals surface area contributed by atoms with Crippen LogP contribution in [0.2, 0.25) is 0 Å². The number of aromatic nitrogens is 1. The lowest BCUT2D eigenvalue weighted by molar-refractivity contribution is -0.143. The second-order valence-corrected chi connectivity index (χ2v) is 16.9. The summed E-state index contributed by atoms with van der Waals surface area (Å²) in [6.45, 7) is 14.1. The van der Waals surface area contributed by atoms with Gasteiger partial charge in [0, 0.05) is 55.6 Å². The highest BCUT2D eigenvalue weighted by molar-refractivity contribution is 5.85. The van der Waals surface area contributed by atoms with Crippen LogP contribution in [0.1, 0.15) is 84.5 Å². The predicted octanol–water partition coefficient (Wildman–Crippen LogP) is 4.93. The lowest BCUT2D eigenvalue weighted by atomic mass is 9.61. The number of amides is 4. The van der Waals surface area contributed by atoms with Gasteiger partial charge in [-0.25, -0.2) is 8.78 Å². The molecule has 322 valence electrons. The third-order valence-electron chi connectivity index (χ3n) is 10.8. The van der Waals surface area contributed by atoms with Crippen molar-refractivity contribution in [3.63, 3.8) is 0 Å². The number of hydrogen-bond acceptors (Lipinski definition) is 7. The van der Waals surface area contributed by atoms with E-state index >= 15 is 4.39 Å². The zero-order valence-electron chi connectivity index (χ0n) is 34.9. The Kier molecular flexibility index (Phi) is 17.1. The molecule has 0 saturated carbocycles. The molecule has 1 unspecified atom stereocenters. The fourth-order valence-electron chi connectivity index (χ4n) is 7.17. The Hall–Kier alpha value is -5.41. The van der Waals surface area contributed by atoms with E-state index in [-0.39, 0.29) is 51.0 Å². The minimum absolute atomic E-state index is 0.00226. The van der Waals surface area contributed by atoms with Crippen LogP contribution in [0.15, 0.2) is 73.4 Å². The van der Waals surface area contributed by atoms with Crippen LogP contribution in [-0.2, 0) is 30.5 Å². The maximum Gasteiger partial charge on any atom is 0.303 e. The van der Waals surface area contributed by atoms with Crippen molar-refractivity contribution in [1.82, 2.24) is 25.4 Å². The van der Waals surface area contributed by atoms with Crippen LogP contribution >= 0.6 is 0 Å². The zero-order valence-corrected chi connectivity index (χ0v) is 34.9. The van der Waals surface area contributed by atoms with E-state index in [0.717, 1.165) is 23.8 Å². The van der Waals surface area contributed by atoms with Crippen molar-refractivity contribution in [3.05, 3.63) is 96.3 Å². The molecule has 0 bridgehead atoms. The molecular weight excluding hydrogens is 763 g/mol. The van der Waals surface area contributed by atoms with Crippen molar-refractivity contribution >= 4 is 29.6 Å². The standard InChI is InChI=1S/C44H60F2N6O7/c1-8-17-43(5,6)44(7,24-39(57)58)23-36(54)50-25-37(55)48-18-19-49-41(59)34(47)16-20-52(38(56)28-53)40(42(2,3)4)35-21-30(32-22-31(45)14-15-33(32)46)27-51(35)26-29-12-10-9-11-13-29/h8-15,21-22,27,34,40,53H,1,16-20,23-26,28,47H2,2-7H3,(H,48,55)(H,49,59)(H,50,54)(H,57,58)/t34-,40-,44?/m0/s1. The van der Waals surface area contributed by atoms with E-state index < -0.39 is 76.2 Å². The lowest BCUT2D eigenvalue weighted by Crippen LogP contribution is -2.48. The first-order valence-corrected chi connectivity index (χ1v) is 19.6. The number of carbonyl (C=O) groups is 5. The molecule has 0 spiro atoms. The number of allylic oxidation sites excluding steroid dienone is 1. The molecule has 1 heterocycles. The number of nitrogens with two attached hydrogens (primary N) is 1. The van der Waals surface area contributed by atoms with Crippen LogP contribution in [0, 0.1) is 27.9 Å². The van der Waals surface area contributed by atoms with Crippen molar-refractivity contribution in [1.29, 1.82) is 0 Å². The second-order valence-electron chi connectivity index (χ2n) is 16.9. The van der Waals surface area contributed by atoms with Crippen LogP contribution in [0.25, 0.3) is 11.1 Å². The molecule has 0 aliphatic rings. The first-order chi connectivity index (χ1) is 27.6. The summed E-state index contributed by atoms with van der Waals surface area (Å²) in [6, 6.07) is 12.6. The summed E-state index contributed by atoms with van der Waals surface area (Å²) in [5.74, 6) is -4.44. The van der Waals surface area contributed by atoms with Gasteiger partial charge < -0.3 is 41.4 Å². The van der Waals surface area contributed by atoms with Crippen molar-refractivity contribution in [2.45, 2.75) is 85.9 Å². The molecule has 0 radical (unpaired) electrons. The van der Waals surface area contributed by atoms with Crippen molar-refractivity contribution < 1.29 is 43.0 Å².